The molecule has 32 heavy (non-hydrogen) atoms. The van der Waals surface area contributed by atoms with E-state index in [0.29, 0.717) is 0 Å². The predicted molar refractivity (Wildman–Crippen MR) is 123 cm³/mol. The van der Waals surface area contributed by atoms with Gasteiger partial charge in [0.15, 0.2) is 5.78 Å². The molecule has 2 aliphatic carbocycles. The largest absolute Gasteiger partial charge is 0.495 e. The van der Waals surface area contributed by atoms with Gasteiger partial charge in [0.1, 0.15) is 11.9 Å². The van der Waals surface area contributed by atoms with Crippen LogP contribution in [0.15, 0.2) is 47.6 Å². The minimum absolute atomic E-state index is 0.0464. The Morgan fingerprint density at radius 2 is 1.91 bits per heavy atom. The van der Waals surface area contributed by atoms with Crippen LogP contribution in [0.5, 0.6) is 5.75 Å². The van der Waals surface area contributed by atoms with Crippen molar-refractivity contribution < 1.29 is 19.1 Å². The number of hydrogen-bond acceptors (Lipinski definition) is 6. The van der Waals surface area contributed by atoms with Crippen LogP contribution in [0.2, 0.25) is 0 Å². The van der Waals surface area contributed by atoms with Gasteiger partial charge in [0.25, 0.3) is 0 Å². The Labute approximate surface area is 189 Å². The van der Waals surface area contributed by atoms with Gasteiger partial charge in [0.05, 0.1) is 18.7 Å². The Bertz CT molecular complexity index is 991. The molecule has 0 radical (unpaired) electrons. The fraction of sp³-hybridized carbons (Fsp3) is 0.538. The van der Waals surface area contributed by atoms with E-state index in [4.69, 9.17) is 9.47 Å². The maximum Gasteiger partial charge on any atom is 0.311 e. The van der Waals surface area contributed by atoms with Crippen molar-refractivity contribution in [3.05, 3.63) is 47.6 Å². The van der Waals surface area contributed by atoms with E-state index in [9.17, 15) is 9.59 Å². The molecule has 1 aromatic rings. The van der Waals surface area contributed by atoms with E-state index in [1.807, 2.05) is 31.2 Å². The van der Waals surface area contributed by atoms with Gasteiger partial charge in [0.2, 0.25) is 0 Å². The van der Waals surface area contributed by atoms with Crippen LogP contribution in [-0.2, 0) is 14.3 Å². The highest BCUT2D eigenvalue weighted by atomic mass is 16.6. The van der Waals surface area contributed by atoms with Crippen LogP contribution in [0.4, 0.5) is 5.69 Å². The number of allylic oxidation sites excluding steroid dienone is 3. The Morgan fingerprint density at radius 3 is 2.66 bits per heavy atom. The Hall–Kier alpha value is -2.60. The number of methoxy groups -OCH3 is 1. The van der Waals surface area contributed by atoms with E-state index in [2.05, 4.69) is 22.8 Å². The highest BCUT2D eigenvalue weighted by molar-refractivity contribution is 6.05. The number of para-hydroxylation sites is 2. The Morgan fingerprint density at radius 1 is 1.16 bits per heavy atom. The number of hydrogen-bond donors (Lipinski definition) is 0. The number of ether oxygens (including phenoxy) is 2. The first-order chi connectivity index (χ1) is 15.4. The van der Waals surface area contributed by atoms with E-state index in [0.717, 1.165) is 68.1 Å². The zero-order chi connectivity index (χ0) is 22.5. The van der Waals surface area contributed by atoms with Crippen LogP contribution in [0.3, 0.4) is 0 Å². The second kappa shape index (κ2) is 8.07. The lowest BCUT2D eigenvalue weighted by Gasteiger charge is -2.43. The highest BCUT2D eigenvalue weighted by Gasteiger charge is 2.54. The van der Waals surface area contributed by atoms with Gasteiger partial charge in [-0.05, 0) is 43.5 Å². The highest BCUT2D eigenvalue weighted by Crippen LogP contribution is 2.53. The summed E-state index contributed by atoms with van der Waals surface area (Å²) in [5.74, 6) is 0.882. The topological polar surface area (TPSA) is 59.1 Å². The maximum absolute atomic E-state index is 12.9. The zero-order valence-corrected chi connectivity index (χ0v) is 19.2. The Kier molecular flexibility index (Phi) is 5.36. The number of rotatable bonds is 4. The van der Waals surface area contributed by atoms with Crippen molar-refractivity contribution in [1.82, 2.24) is 4.90 Å². The van der Waals surface area contributed by atoms with E-state index >= 15 is 0 Å². The van der Waals surface area contributed by atoms with Crippen LogP contribution >= 0.6 is 0 Å². The van der Waals surface area contributed by atoms with Crippen molar-refractivity contribution in [2.45, 2.75) is 32.8 Å². The zero-order valence-electron chi connectivity index (χ0n) is 19.2. The Balaban J connectivity index is 1.27. The summed E-state index contributed by atoms with van der Waals surface area (Å²) >= 11 is 0. The normalized spacial score (nSPS) is 32.6. The van der Waals surface area contributed by atoms with Crippen LogP contribution in [0, 0.1) is 17.3 Å². The van der Waals surface area contributed by atoms with Crippen molar-refractivity contribution in [2.24, 2.45) is 17.3 Å². The summed E-state index contributed by atoms with van der Waals surface area (Å²) in [4.78, 5) is 30.0. The monoisotopic (exact) mass is 436 g/mol. The van der Waals surface area contributed by atoms with Crippen molar-refractivity contribution in [3.8, 4) is 5.75 Å². The number of carbonyl (C=O) groups is 2. The molecule has 6 nitrogen and oxygen atoms in total. The summed E-state index contributed by atoms with van der Waals surface area (Å²) in [6, 6.07) is 8.12. The van der Waals surface area contributed by atoms with E-state index in [1.165, 1.54) is 0 Å². The smallest absolute Gasteiger partial charge is 0.311 e. The molecule has 3 fully saturated rings. The van der Waals surface area contributed by atoms with Crippen LogP contribution < -0.4 is 9.64 Å². The lowest BCUT2D eigenvalue weighted by molar-refractivity contribution is -0.144. The molecule has 5 rings (SSSR count). The lowest BCUT2D eigenvalue weighted by atomic mass is 9.61. The molecule has 1 aromatic carbocycles. The summed E-state index contributed by atoms with van der Waals surface area (Å²) in [6.45, 7) is 8.39. The fourth-order valence-corrected chi connectivity index (χ4v) is 6.12. The van der Waals surface area contributed by atoms with Crippen molar-refractivity contribution in [1.29, 1.82) is 0 Å². The molecule has 170 valence electrons. The summed E-state index contributed by atoms with van der Waals surface area (Å²) < 4.78 is 11.5. The SMILES string of the molecule is COc1ccccc1N1CCN(C[C@H]2C(=O)O[C@H]3C4=C(C)C(=O)C=C[C@]4(C)CC[C@@H]23)CC1. The average molecular weight is 437 g/mol. The van der Waals surface area contributed by atoms with Gasteiger partial charge in [-0.3, -0.25) is 14.5 Å². The predicted octanol–water partition coefficient (Wildman–Crippen LogP) is 3.23. The third kappa shape index (κ3) is 3.45. The van der Waals surface area contributed by atoms with Gasteiger partial charge in [-0.15, -0.1) is 0 Å². The molecule has 4 aliphatic rings. The number of anilines is 1. The molecule has 0 amide bonds. The van der Waals surface area contributed by atoms with Crippen LogP contribution in [0.1, 0.15) is 26.7 Å². The number of carbonyl (C=O) groups excluding carboxylic acids is 2. The van der Waals surface area contributed by atoms with Gasteiger partial charge in [-0.2, -0.15) is 0 Å². The second-order valence-corrected chi connectivity index (χ2v) is 9.78. The molecular formula is C26H32N2O4. The number of piperazine rings is 1. The van der Waals surface area contributed by atoms with E-state index in [-0.39, 0.29) is 35.1 Å². The molecule has 4 atom stereocenters. The number of fused-ring (bicyclic) bond motifs is 3. The van der Waals surface area contributed by atoms with Gasteiger partial charge in [-0.1, -0.05) is 25.1 Å². The number of nitrogens with zero attached hydrogens (tertiary/aromatic N) is 2. The average Bonchev–Trinajstić information content (AvgIpc) is 3.11. The maximum atomic E-state index is 12.9. The lowest BCUT2D eigenvalue weighted by Crippen LogP contribution is -2.49. The number of benzene rings is 1. The third-order valence-electron chi connectivity index (χ3n) is 7.98. The molecule has 1 saturated carbocycles. The second-order valence-electron chi connectivity index (χ2n) is 9.78. The third-order valence-corrected chi connectivity index (χ3v) is 7.98. The molecular weight excluding hydrogens is 404 g/mol. The first-order valence-corrected chi connectivity index (χ1v) is 11.7. The van der Waals surface area contributed by atoms with Gasteiger partial charge in [-0.25, -0.2) is 0 Å². The molecule has 2 aliphatic heterocycles. The molecule has 2 heterocycles. The number of ketones is 1. The molecule has 0 bridgehead atoms. The van der Waals surface area contributed by atoms with Gasteiger partial charge >= 0.3 is 5.97 Å². The summed E-state index contributed by atoms with van der Waals surface area (Å²) in [6.07, 6.45) is 5.36. The minimum Gasteiger partial charge on any atom is -0.495 e. The standard InChI is InChI=1S/C26H32N2O4/c1-17-21(29)9-11-26(2)10-8-18-19(25(30)32-24(18)23(17)26)16-27-12-14-28(15-13-27)20-6-4-5-7-22(20)31-3/h4-7,9,11,18-19,24H,8,10,12-16H2,1-3H3/t18-,19+,24+,26-/m0/s1. The summed E-state index contributed by atoms with van der Waals surface area (Å²) in [7, 11) is 1.71. The van der Waals surface area contributed by atoms with Crippen molar-refractivity contribution in [3.63, 3.8) is 0 Å². The summed E-state index contributed by atoms with van der Waals surface area (Å²) in [5.41, 5.74) is 2.76. The van der Waals surface area contributed by atoms with Gasteiger partial charge < -0.3 is 14.4 Å². The first-order valence-electron chi connectivity index (χ1n) is 11.7. The van der Waals surface area contributed by atoms with Crippen LogP contribution in [0.25, 0.3) is 0 Å². The van der Waals surface area contributed by atoms with E-state index in [1.54, 1.807) is 13.2 Å². The van der Waals surface area contributed by atoms with Crippen molar-refractivity contribution >= 4 is 17.4 Å². The fourth-order valence-electron chi connectivity index (χ4n) is 6.12. The van der Waals surface area contributed by atoms with Crippen molar-refractivity contribution in [2.75, 3.05) is 44.7 Å². The quantitative estimate of drug-likeness (QED) is 0.676. The van der Waals surface area contributed by atoms with Crippen LogP contribution in [-0.4, -0.2) is 62.6 Å². The first kappa shape index (κ1) is 21.3. The molecule has 2 saturated heterocycles. The molecule has 6 heteroatoms. The van der Waals surface area contributed by atoms with E-state index < -0.39 is 0 Å². The molecule has 0 unspecified atom stereocenters. The summed E-state index contributed by atoms with van der Waals surface area (Å²) in [5, 5.41) is 0. The molecule has 0 aromatic heterocycles. The van der Waals surface area contributed by atoms with Gasteiger partial charge in [0, 0.05) is 49.6 Å². The molecule has 0 spiro atoms. The minimum atomic E-state index is -0.255. The molecule has 0 N–H and O–H groups in total. The number of esters is 1.